The molecule has 2 heterocycles. The van der Waals surface area contributed by atoms with Crippen molar-refractivity contribution in [2.75, 3.05) is 13.7 Å². The summed E-state index contributed by atoms with van der Waals surface area (Å²) in [5, 5.41) is 14.1. The number of pyridine rings is 1. The van der Waals surface area contributed by atoms with Crippen molar-refractivity contribution >= 4 is 35.3 Å². The Labute approximate surface area is 194 Å². The maximum atomic E-state index is 12.1. The Balaban J connectivity index is 1.58. The highest BCUT2D eigenvalue weighted by Gasteiger charge is 2.14. The fraction of sp³-hybridized carbons (Fsp3) is 0.182. The molecule has 1 amide bonds. The Morgan fingerprint density at radius 1 is 1.28 bits per heavy atom. The van der Waals surface area contributed by atoms with Gasteiger partial charge in [-0.05, 0) is 43.3 Å². The number of benzene rings is 1. The van der Waals surface area contributed by atoms with Crippen LogP contribution in [-0.4, -0.2) is 30.8 Å². The van der Waals surface area contributed by atoms with E-state index in [1.165, 1.54) is 13.3 Å². The van der Waals surface area contributed by atoms with Gasteiger partial charge in [0.25, 0.3) is 5.91 Å². The van der Waals surface area contributed by atoms with Crippen molar-refractivity contribution in [2.45, 2.75) is 13.5 Å². The number of ether oxygens (including phenoxy) is 2. The van der Waals surface area contributed by atoms with Gasteiger partial charge in [-0.25, -0.2) is 10.4 Å². The molecular weight excluding hydrogens is 455 g/mol. The number of carbonyl (C=O) groups is 1. The molecule has 0 unspecified atom stereocenters. The van der Waals surface area contributed by atoms with Crippen LogP contribution in [0, 0.1) is 18.3 Å². The number of furan rings is 1. The van der Waals surface area contributed by atoms with Crippen molar-refractivity contribution in [3.63, 3.8) is 0 Å². The number of halogens is 2. The van der Waals surface area contributed by atoms with Crippen LogP contribution in [0.15, 0.2) is 45.9 Å². The minimum atomic E-state index is -0.530. The number of amides is 1. The second kappa shape index (κ2) is 10.8. The molecule has 32 heavy (non-hydrogen) atoms. The van der Waals surface area contributed by atoms with Crippen molar-refractivity contribution in [3.8, 4) is 23.3 Å². The minimum absolute atomic E-state index is 0.0657. The zero-order chi connectivity index (χ0) is 23.1. The predicted octanol–water partition coefficient (Wildman–Crippen LogP) is 4.50. The summed E-state index contributed by atoms with van der Waals surface area (Å²) < 4.78 is 16.2. The second-order valence-electron chi connectivity index (χ2n) is 6.56. The van der Waals surface area contributed by atoms with Crippen molar-refractivity contribution < 1.29 is 18.7 Å². The van der Waals surface area contributed by atoms with E-state index >= 15 is 0 Å². The lowest BCUT2D eigenvalue weighted by molar-refractivity contribution is -0.123. The number of nitrogens with zero attached hydrogens (tertiary/aromatic N) is 3. The Bertz CT molecular complexity index is 1200. The highest BCUT2D eigenvalue weighted by Crippen LogP contribution is 2.29. The molecule has 0 aliphatic rings. The van der Waals surface area contributed by atoms with Crippen LogP contribution < -0.4 is 10.2 Å². The summed E-state index contributed by atoms with van der Waals surface area (Å²) in [5.41, 5.74) is 4.57. The SMILES string of the molecule is COCc1cc(C)nc(OCC(=O)N/N=C\c2ccc(-c3ccc(Cl)c(Cl)c3)o2)c1C#N. The number of aromatic nitrogens is 1. The van der Waals surface area contributed by atoms with Crippen LogP contribution in [0.1, 0.15) is 22.6 Å². The smallest absolute Gasteiger partial charge is 0.278 e. The number of carbonyl (C=O) groups excluding carboxylic acids is 1. The van der Waals surface area contributed by atoms with Crippen LogP contribution in [0.2, 0.25) is 10.0 Å². The van der Waals surface area contributed by atoms with Crippen LogP contribution in [0.5, 0.6) is 5.88 Å². The molecule has 0 aliphatic carbocycles. The molecular formula is C22H18Cl2N4O4. The predicted molar refractivity (Wildman–Crippen MR) is 120 cm³/mol. The number of nitriles is 1. The van der Waals surface area contributed by atoms with E-state index in [9.17, 15) is 10.1 Å². The first kappa shape index (κ1) is 23.3. The molecule has 0 aliphatic heterocycles. The summed E-state index contributed by atoms with van der Waals surface area (Å²) in [5.74, 6) is 0.527. The number of hydrazone groups is 1. The molecule has 10 heteroatoms. The third-order valence-electron chi connectivity index (χ3n) is 4.16. The fourth-order valence-electron chi connectivity index (χ4n) is 2.76. The summed E-state index contributed by atoms with van der Waals surface area (Å²) in [7, 11) is 1.52. The standard InChI is InChI=1S/C22H18Cl2N4O4/c1-13-7-15(11-30-2)17(9-25)22(27-13)31-12-21(29)28-26-10-16-4-6-20(32-16)14-3-5-18(23)19(24)8-14/h3-8,10H,11-12H2,1-2H3,(H,28,29)/b26-10-. The molecule has 0 radical (unpaired) electrons. The highest BCUT2D eigenvalue weighted by atomic mass is 35.5. The number of hydrogen-bond donors (Lipinski definition) is 1. The second-order valence-corrected chi connectivity index (χ2v) is 7.37. The molecule has 0 saturated heterocycles. The van der Waals surface area contributed by atoms with Crippen molar-refractivity contribution in [3.05, 3.63) is 69.0 Å². The fourth-order valence-corrected chi connectivity index (χ4v) is 3.06. The van der Waals surface area contributed by atoms with E-state index in [0.717, 1.165) is 5.56 Å². The first-order valence-electron chi connectivity index (χ1n) is 9.30. The van der Waals surface area contributed by atoms with Crippen LogP contribution >= 0.6 is 23.2 Å². The van der Waals surface area contributed by atoms with Crippen LogP contribution in [0.4, 0.5) is 0 Å². The topological polar surface area (TPSA) is 110 Å². The zero-order valence-corrected chi connectivity index (χ0v) is 18.7. The van der Waals surface area contributed by atoms with Gasteiger partial charge < -0.3 is 13.9 Å². The van der Waals surface area contributed by atoms with Gasteiger partial charge in [0.05, 0.1) is 22.9 Å². The van der Waals surface area contributed by atoms with Crippen molar-refractivity contribution in [1.82, 2.24) is 10.4 Å². The minimum Gasteiger partial charge on any atom is -0.467 e. The maximum Gasteiger partial charge on any atom is 0.278 e. The van der Waals surface area contributed by atoms with Crippen LogP contribution in [0.25, 0.3) is 11.3 Å². The van der Waals surface area contributed by atoms with E-state index in [4.69, 9.17) is 37.1 Å². The quantitative estimate of drug-likeness (QED) is 0.381. The van der Waals surface area contributed by atoms with E-state index in [-0.39, 0.29) is 24.7 Å². The van der Waals surface area contributed by atoms with Gasteiger partial charge in [-0.1, -0.05) is 23.2 Å². The van der Waals surface area contributed by atoms with Gasteiger partial charge in [0, 0.05) is 23.9 Å². The summed E-state index contributed by atoms with van der Waals surface area (Å²) in [4.78, 5) is 16.2. The number of hydrogen-bond acceptors (Lipinski definition) is 7. The lowest BCUT2D eigenvalue weighted by Crippen LogP contribution is -2.25. The number of rotatable bonds is 8. The molecule has 0 spiro atoms. The van der Waals surface area contributed by atoms with Gasteiger partial charge in [0.15, 0.2) is 6.61 Å². The highest BCUT2D eigenvalue weighted by molar-refractivity contribution is 6.42. The largest absolute Gasteiger partial charge is 0.467 e. The molecule has 8 nitrogen and oxygen atoms in total. The molecule has 1 aromatic carbocycles. The van der Waals surface area contributed by atoms with Crippen molar-refractivity contribution in [2.24, 2.45) is 5.10 Å². The molecule has 0 saturated carbocycles. The average Bonchev–Trinajstić information content (AvgIpc) is 3.23. The van der Waals surface area contributed by atoms with Gasteiger partial charge in [-0.15, -0.1) is 0 Å². The molecule has 164 valence electrons. The Kier molecular flexibility index (Phi) is 7.84. The Morgan fingerprint density at radius 3 is 2.81 bits per heavy atom. The number of methoxy groups -OCH3 is 1. The van der Waals surface area contributed by atoms with E-state index in [2.05, 4.69) is 15.5 Å². The lowest BCUT2D eigenvalue weighted by atomic mass is 10.1. The van der Waals surface area contributed by atoms with Crippen LogP contribution in [0.3, 0.4) is 0 Å². The third-order valence-corrected chi connectivity index (χ3v) is 4.90. The summed E-state index contributed by atoms with van der Waals surface area (Å²) in [6.07, 6.45) is 1.35. The molecule has 0 bridgehead atoms. The van der Waals surface area contributed by atoms with Gasteiger partial charge in [-0.2, -0.15) is 10.4 Å². The molecule has 1 N–H and O–H groups in total. The zero-order valence-electron chi connectivity index (χ0n) is 17.2. The normalized spacial score (nSPS) is 10.8. The molecule has 2 aromatic heterocycles. The average molecular weight is 473 g/mol. The number of nitrogens with one attached hydrogen (secondary N) is 1. The third kappa shape index (κ3) is 5.86. The van der Waals surface area contributed by atoms with Crippen LogP contribution in [-0.2, 0) is 16.1 Å². The summed E-state index contributed by atoms with van der Waals surface area (Å²) >= 11 is 12.0. The van der Waals surface area contributed by atoms with Gasteiger partial charge in [-0.3, -0.25) is 4.79 Å². The first-order chi connectivity index (χ1) is 15.4. The monoisotopic (exact) mass is 472 g/mol. The summed E-state index contributed by atoms with van der Waals surface area (Å²) in [6, 6.07) is 12.3. The Hall–Kier alpha value is -3.38. The lowest BCUT2D eigenvalue weighted by Gasteiger charge is -2.10. The molecule has 0 fully saturated rings. The van der Waals surface area contributed by atoms with Crippen molar-refractivity contribution in [1.29, 1.82) is 5.26 Å². The van der Waals surface area contributed by atoms with E-state index < -0.39 is 5.91 Å². The summed E-state index contributed by atoms with van der Waals surface area (Å²) in [6.45, 7) is 1.61. The molecule has 3 rings (SSSR count). The maximum absolute atomic E-state index is 12.1. The van der Waals surface area contributed by atoms with E-state index in [1.807, 2.05) is 6.07 Å². The molecule has 3 aromatic rings. The van der Waals surface area contributed by atoms with E-state index in [0.29, 0.717) is 32.8 Å². The first-order valence-corrected chi connectivity index (χ1v) is 10.1. The Morgan fingerprint density at radius 2 is 2.09 bits per heavy atom. The van der Waals surface area contributed by atoms with Gasteiger partial charge >= 0.3 is 0 Å². The molecule has 0 atom stereocenters. The number of aryl methyl sites for hydroxylation is 1. The van der Waals surface area contributed by atoms with E-state index in [1.54, 1.807) is 43.3 Å². The van der Waals surface area contributed by atoms with Gasteiger partial charge in [0.2, 0.25) is 5.88 Å². The van der Waals surface area contributed by atoms with Gasteiger partial charge in [0.1, 0.15) is 23.2 Å².